The van der Waals surface area contributed by atoms with Crippen LogP contribution in [-0.4, -0.2) is 27.0 Å². The molecule has 0 saturated carbocycles. The SMILES string of the molecule is CC(C)(C)OC(=O)NCc1c(O[C@H](Cn2ccnc2)c2ccccc2)ccc2c1CCCC2=O. The van der Waals surface area contributed by atoms with Gasteiger partial charge in [0, 0.05) is 29.9 Å². The van der Waals surface area contributed by atoms with Gasteiger partial charge in [-0.2, -0.15) is 0 Å². The van der Waals surface area contributed by atoms with E-state index < -0.39 is 11.7 Å². The first kappa shape index (κ1) is 23.5. The van der Waals surface area contributed by atoms with Crippen molar-refractivity contribution in [3.05, 3.63) is 83.4 Å². The second-order valence-electron chi connectivity index (χ2n) is 9.48. The van der Waals surface area contributed by atoms with Crippen molar-refractivity contribution in [2.75, 3.05) is 0 Å². The Morgan fingerprint density at radius 2 is 1.94 bits per heavy atom. The van der Waals surface area contributed by atoms with Gasteiger partial charge in [0.25, 0.3) is 0 Å². The van der Waals surface area contributed by atoms with Gasteiger partial charge in [0.15, 0.2) is 5.78 Å². The van der Waals surface area contributed by atoms with E-state index in [1.165, 1.54) is 0 Å². The summed E-state index contributed by atoms with van der Waals surface area (Å²) >= 11 is 0. The second kappa shape index (κ2) is 10.1. The normalized spacial score (nSPS) is 14.3. The number of carbonyl (C=O) groups is 2. The summed E-state index contributed by atoms with van der Waals surface area (Å²) in [5, 5.41) is 2.85. The molecule has 1 amide bonds. The molecule has 7 nitrogen and oxygen atoms in total. The lowest BCUT2D eigenvalue weighted by Crippen LogP contribution is -2.32. The maximum absolute atomic E-state index is 12.6. The van der Waals surface area contributed by atoms with Crippen LogP contribution in [-0.2, 0) is 24.2 Å². The number of imidazole rings is 1. The van der Waals surface area contributed by atoms with E-state index in [1.807, 2.05) is 74.0 Å². The average molecular weight is 462 g/mol. The Labute approximate surface area is 200 Å². The van der Waals surface area contributed by atoms with Gasteiger partial charge in [0.05, 0.1) is 19.4 Å². The molecule has 178 valence electrons. The van der Waals surface area contributed by atoms with Crippen LogP contribution >= 0.6 is 0 Å². The van der Waals surface area contributed by atoms with Gasteiger partial charge in [-0.05, 0) is 56.9 Å². The quantitative estimate of drug-likeness (QED) is 0.520. The molecular weight excluding hydrogens is 430 g/mol. The van der Waals surface area contributed by atoms with E-state index in [1.54, 1.807) is 12.5 Å². The summed E-state index contributed by atoms with van der Waals surface area (Å²) in [7, 11) is 0. The van der Waals surface area contributed by atoms with E-state index >= 15 is 0 Å². The predicted molar refractivity (Wildman–Crippen MR) is 129 cm³/mol. The number of hydrogen-bond donors (Lipinski definition) is 1. The number of ether oxygens (including phenoxy) is 2. The number of hydrogen-bond acceptors (Lipinski definition) is 5. The number of ketones is 1. The molecule has 2 aromatic carbocycles. The predicted octanol–water partition coefficient (Wildman–Crippen LogP) is 5.25. The first-order chi connectivity index (χ1) is 16.3. The molecule has 1 aliphatic rings. The lowest BCUT2D eigenvalue weighted by Gasteiger charge is -2.26. The number of alkyl carbamates (subject to hydrolysis) is 1. The lowest BCUT2D eigenvalue weighted by molar-refractivity contribution is 0.0522. The van der Waals surface area contributed by atoms with E-state index in [2.05, 4.69) is 10.3 Å². The first-order valence-corrected chi connectivity index (χ1v) is 11.6. The van der Waals surface area contributed by atoms with Gasteiger partial charge in [-0.15, -0.1) is 0 Å². The molecular formula is C27H31N3O4. The molecule has 0 aliphatic heterocycles. The zero-order valence-corrected chi connectivity index (χ0v) is 19.9. The minimum atomic E-state index is -0.599. The van der Waals surface area contributed by atoms with Gasteiger partial charge in [-0.25, -0.2) is 9.78 Å². The smallest absolute Gasteiger partial charge is 0.407 e. The number of fused-ring (bicyclic) bond motifs is 1. The van der Waals surface area contributed by atoms with Crippen molar-refractivity contribution in [3.8, 4) is 5.75 Å². The average Bonchev–Trinajstić information content (AvgIpc) is 3.30. The summed E-state index contributed by atoms with van der Waals surface area (Å²) in [6.45, 7) is 6.26. The fourth-order valence-corrected chi connectivity index (χ4v) is 4.18. The summed E-state index contributed by atoms with van der Waals surface area (Å²) < 4.78 is 14.0. The molecule has 0 saturated heterocycles. The molecule has 0 spiro atoms. The summed E-state index contributed by atoms with van der Waals surface area (Å²) in [6.07, 6.45) is 6.70. The molecule has 1 aromatic heterocycles. The molecule has 1 heterocycles. The van der Waals surface area contributed by atoms with Gasteiger partial charge in [0.1, 0.15) is 17.5 Å². The first-order valence-electron chi connectivity index (χ1n) is 11.6. The molecule has 3 aromatic rings. The van der Waals surface area contributed by atoms with Crippen molar-refractivity contribution < 1.29 is 19.1 Å². The molecule has 0 bridgehead atoms. The molecule has 4 rings (SSSR count). The number of carbonyl (C=O) groups excluding carboxylic acids is 2. The second-order valence-corrected chi connectivity index (χ2v) is 9.48. The third-order valence-corrected chi connectivity index (χ3v) is 5.70. The summed E-state index contributed by atoms with van der Waals surface area (Å²) in [5.74, 6) is 0.780. The Kier molecular flexibility index (Phi) is 7.01. The standard InChI is InChI=1S/C27H31N3O4/c1-27(2,3)34-26(32)29-16-22-20-10-7-11-23(31)21(20)12-13-24(22)33-25(17-30-15-14-28-18-30)19-8-5-4-6-9-19/h4-6,8-9,12-15,18,25H,7,10-11,16-17H2,1-3H3,(H,29,32)/t25-/m1/s1. The Bertz CT molecular complexity index is 1130. The highest BCUT2D eigenvalue weighted by molar-refractivity contribution is 5.99. The number of nitrogens with zero attached hydrogens (tertiary/aromatic N) is 2. The van der Waals surface area contributed by atoms with E-state index in [0.29, 0.717) is 24.3 Å². The fraction of sp³-hybridized carbons (Fsp3) is 0.370. The molecule has 0 radical (unpaired) electrons. The van der Waals surface area contributed by atoms with Crippen LogP contribution in [0.25, 0.3) is 0 Å². The summed E-state index contributed by atoms with van der Waals surface area (Å²) in [4.78, 5) is 29.1. The zero-order valence-electron chi connectivity index (χ0n) is 19.9. The molecule has 1 N–H and O–H groups in total. The van der Waals surface area contributed by atoms with Gasteiger partial charge < -0.3 is 19.4 Å². The topological polar surface area (TPSA) is 82.4 Å². The van der Waals surface area contributed by atoms with E-state index in [0.717, 1.165) is 29.5 Å². The number of aromatic nitrogens is 2. The van der Waals surface area contributed by atoms with Crippen molar-refractivity contribution in [2.24, 2.45) is 0 Å². The third kappa shape index (κ3) is 5.84. The molecule has 34 heavy (non-hydrogen) atoms. The molecule has 0 unspecified atom stereocenters. The minimum Gasteiger partial charge on any atom is -0.483 e. The largest absolute Gasteiger partial charge is 0.483 e. The minimum absolute atomic E-state index is 0.129. The van der Waals surface area contributed by atoms with Gasteiger partial charge in [-0.3, -0.25) is 4.79 Å². The van der Waals surface area contributed by atoms with Crippen molar-refractivity contribution in [1.82, 2.24) is 14.9 Å². The summed E-state index contributed by atoms with van der Waals surface area (Å²) in [5.41, 5.74) is 2.90. The van der Waals surface area contributed by atoms with E-state index in [-0.39, 0.29) is 18.4 Å². The van der Waals surface area contributed by atoms with Crippen LogP contribution in [0.4, 0.5) is 4.79 Å². The molecule has 1 aliphatic carbocycles. The Morgan fingerprint density at radius 1 is 1.15 bits per heavy atom. The van der Waals surface area contributed by atoms with E-state index in [9.17, 15) is 9.59 Å². The lowest BCUT2D eigenvalue weighted by atomic mass is 9.86. The van der Waals surface area contributed by atoms with Crippen LogP contribution in [0, 0.1) is 0 Å². The number of nitrogens with one attached hydrogen (secondary N) is 1. The van der Waals surface area contributed by atoms with Crippen LogP contribution < -0.4 is 10.1 Å². The van der Waals surface area contributed by atoms with Gasteiger partial charge >= 0.3 is 6.09 Å². The highest BCUT2D eigenvalue weighted by Gasteiger charge is 2.25. The third-order valence-electron chi connectivity index (χ3n) is 5.70. The van der Waals surface area contributed by atoms with Gasteiger partial charge in [0.2, 0.25) is 0 Å². The number of benzene rings is 2. The van der Waals surface area contributed by atoms with Gasteiger partial charge in [-0.1, -0.05) is 30.3 Å². The van der Waals surface area contributed by atoms with E-state index in [4.69, 9.17) is 9.47 Å². The monoisotopic (exact) mass is 461 g/mol. The Morgan fingerprint density at radius 3 is 2.65 bits per heavy atom. The fourth-order valence-electron chi connectivity index (χ4n) is 4.18. The van der Waals surface area contributed by atoms with Crippen molar-refractivity contribution in [1.29, 1.82) is 0 Å². The maximum Gasteiger partial charge on any atom is 0.407 e. The number of Topliss-reactive ketones (excluding diaryl/α,β-unsaturated/α-hetero) is 1. The van der Waals surface area contributed by atoms with Crippen molar-refractivity contribution in [2.45, 2.75) is 64.8 Å². The highest BCUT2D eigenvalue weighted by atomic mass is 16.6. The van der Waals surface area contributed by atoms with Crippen LogP contribution in [0.1, 0.15) is 66.8 Å². The molecule has 1 atom stereocenters. The van der Waals surface area contributed by atoms with Crippen LogP contribution in [0.15, 0.2) is 61.2 Å². The Hall–Kier alpha value is -3.61. The van der Waals surface area contributed by atoms with Crippen LogP contribution in [0.2, 0.25) is 0 Å². The number of rotatable bonds is 7. The van der Waals surface area contributed by atoms with Crippen LogP contribution in [0.3, 0.4) is 0 Å². The zero-order chi connectivity index (χ0) is 24.1. The van der Waals surface area contributed by atoms with Crippen molar-refractivity contribution >= 4 is 11.9 Å². The molecule has 7 heteroatoms. The summed E-state index contributed by atoms with van der Waals surface area (Å²) in [6, 6.07) is 13.7. The highest BCUT2D eigenvalue weighted by Crippen LogP contribution is 2.34. The van der Waals surface area contributed by atoms with Crippen molar-refractivity contribution in [3.63, 3.8) is 0 Å². The maximum atomic E-state index is 12.6. The molecule has 0 fully saturated rings. The number of amides is 1. The van der Waals surface area contributed by atoms with Crippen LogP contribution in [0.5, 0.6) is 5.75 Å². The Balaban J connectivity index is 1.66.